The lowest BCUT2D eigenvalue weighted by atomic mass is 10.1. The van der Waals surface area contributed by atoms with Crippen molar-refractivity contribution in [3.05, 3.63) is 41.1 Å². The van der Waals surface area contributed by atoms with Gasteiger partial charge in [-0.15, -0.1) is 0 Å². The average molecular weight is 244 g/mol. The van der Waals surface area contributed by atoms with Crippen LogP contribution in [-0.2, 0) is 6.42 Å². The molecule has 1 N–H and O–H groups in total. The fraction of sp³-hybridized carbons (Fsp3) is 0.400. The lowest BCUT2D eigenvalue weighted by Gasteiger charge is -2.03. The van der Waals surface area contributed by atoms with Crippen LogP contribution in [0.25, 0.3) is 5.69 Å². The van der Waals surface area contributed by atoms with Crippen molar-refractivity contribution < 1.29 is 5.11 Å². The van der Waals surface area contributed by atoms with Crippen LogP contribution >= 0.6 is 0 Å². The zero-order chi connectivity index (χ0) is 13.1. The van der Waals surface area contributed by atoms with E-state index in [9.17, 15) is 5.11 Å². The summed E-state index contributed by atoms with van der Waals surface area (Å²) in [5.41, 5.74) is 4.00. The van der Waals surface area contributed by atoms with E-state index in [2.05, 4.69) is 12.0 Å². The molecule has 18 heavy (non-hydrogen) atoms. The van der Waals surface area contributed by atoms with Gasteiger partial charge in [-0.05, 0) is 38.8 Å². The van der Waals surface area contributed by atoms with E-state index in [0.717, 1.165) is 36.2 Å². The first kappa shape index (κ1) is 12.7. The Hall–Kier alpha value is -1.77. The summed E-state index contributed by atoms with van der Waals surface area (Å²) >= 11 is 0. The number of benzene rings is 1. The monoisotopic (exact) mass is 244 g/mol. The summed E-state index contributed by atoms with van der Waals surface area (Å²) in [4.78, 5) is 0. The first-order chi connectivity index (χ1) is 8.63. The highest BCUT2D eigenvalue weighted by Gasteiger charge is 2.13. The van der Waals surface area contributed by atoms with E-state index in [1.54, 1.807) is 4.68 Å². The molecule has 0 fully saturated rings. The second-order valence-electron chi connectivity index (χ2n) is 4.75. The summed E-state index contributed by atoms with van der Waals surface area (Å²) in [6, 6.07) is 8.01. The molecule has 0 saturated heterocycles. The Morgan fingerprint density at radius 2 is 1.83 bits per heavy atom. The van der Waals surface area contributed by atoms with Crippen molar-refractivity contribution in [2.24, 2.45) is 0 Å². The molecule has 2 rings (SSSR count). The quantitative estimate of drug-likeness (QED) is 0.893. The van der Waals surface area contributed by atoms with Crippen LogP contribution in [0.3, 0.4) is 0 Å². The Morgan fingerprint density at radius 3 is 2.44 bits per heavy atom. The number of hydrogen-bond donors (Lipinski definition) is 1. The van der Waals surface area contributed by atoms with E-state index in [4.69, 9.17) is 0 Å². The molecule has 0 unspecified atom stereocenters. The molecule has 3 nitrogen and oxygen atoms in total. The van der Waals surface area contributed by atoms with Gasteiger partial charge in [0.15, 0.2) is 0 Å². The molecule has 0 amide bonds. The van der Waals surface area contributed by atoms with Gasteiger partial charge in [0.2, 0.25) is 5.88 Å². The van der Waals surface area contributed by atoms with Gasteiger partial charge in [0.1, 0.15) is 0 Å². The van der Waals surface area contributed by atoms with Gasteiger partial charge in [-0.3, -0.25) is 0 Å². The van der Waals surface area contributed by atoms with E-state index in [0.29, 0.717) is 0 Å². The van der Waals surface area contributed by atoms with Crippen LogP contribution in [0.1, 0.15) is 36.6 Å². The third-order valence-corrected chi connectivity index (χ3v) is 3.24. The van der Waals surface area contributed by atoms with E-state index in [-0.39, 0.29) is 5.88 Å². The van der Waals surface area contributed by atoms with E-state index >= 15 is 0 Å². The highest BCUT2D eigenvalue weighted by Crippen LogP contribution is 2.25. The summed E-state index contributed by atoms with van der Waals surface area (Å²) in [5, 5.41) is 14.7. The fourth-order valence-corrected chi connectivity index (χ4v) is 1.98. The van der Waals surface area contributed by atoms with Crippen molar-refractivity contribution in [2.75, 3.05) is 0 Å². The number of rotatable bonds is 4. The molecule has 2 aromatic rings. The Morgan fingerprint density at radius 1 is 1.17 bits per heavy atom. The third kappa shape index (κ3) is 2.40. The standard InChI is InChI=1S/C15H20N2O/c1-4-5-6-14-12(3)15(18)17(16-14)13-9-7-11(2)8-10-13/h7-10,18H,4-6H2,1-3H3. The van der Waals surface area contributed by atoms with Gasteiger partial charge in [-0.2, -0.15) is 5.10 Å². The minimum atomic E-state index is 0.255. The lowest BCUT2D eigenvalue weighted by molar-refractivity contribution is 0.430. The largest absolute Gasteiger partial charge is 0.493 e. The third-order valence-electron chi connectivity index (χ3n) is 3.24. The molecule has 0 atom stereocenters. The second-order valence-corrected chi connectivity index (χ2v) is 4.75. The molecule has 0 spiro atoms. The summed E-state index contributed by atoms with van der Waals surface area (Å²) in [6.45, 7) is 6.13. The van der Waals surface area contributed by atoms with Gasteiger partial charge >= 0.3 is 0 Å². The summed E-state index contributed by atoms with van der Waals surface area (Å²) < 4.78 is 1.62. The predicted octanol–water partition coefficient (Wildman–Crippen LogP) is 3.54. The van der Waals surface area contributed by atoms with Crippen molar-refractivity contribution in [1.82, 2.24) is 9.78 Å². The molecule has 1 heterocycles. The van der Waals surface area contributed by atoms with E-state index in [1.165, 1.54) is 5.56 Å². The predicted molar refractivity (Wildman–Crippen MR) is 73.3 cm³/mol. The van der Waals surface area contributed by atoms with Crippen molar-refractivity contribution in [3.8, 4) is 11.6 Å². The lowest BCUT2D eigenvalue weighted by Crippen LogP contribution is -1.97. The number of aromatic hydroxyl groups is 1. The first-order valence-electron chi connectivity index (χ1n) is 6.48. The van der Waals surface area contributed by atoms with Crippen molar-refractivity contribution >= 4 is 0 Å². The van der Waals surface area contributed by atoms with Gasteiger partial charge in [-0.1, -0.05) is 31.0 Å². The van der Waals surface area contributed by atoms with Crippen LogP contribution in [0.4, 0.5) is 0 Å². The Balaban J connectivity index is 2.36. The molecule has 0 radical (unpaired) electrons. The molecule has 0 saturated carbocycles. The molecular weight excluding hydrogens is 224 g/mol. The maximum absolute atomic E-state index is 10.1. The van der Waals surface area contributed by atoms with Crippen molar-refractivity contribution in [3.63, 3.8) is 0 Å². The molecule has 0 aliphatic heterocycles. The summed E-state index contributed by atoms with van der Waals surface area (Å²) in [5.74, 6) is 0.255. The van der Waals surface area contributed by atoms with Gasteiger partial charge in [0.05, 0.1) is 11.4 Å². The zero-order valence-electron chi connectivity index (χ0n) is 11.3. The van der Waals surface area contributed by atoms with Crippen LogP contribution in [0.15, 0.2) is 24.3 Å². The number of nitrogens with zero attached hydrogens (tertiary/aromatic N) is 2. The molecule has 0 aliphatic carbocycles. The van der Waals surface area contributed by atoms with Gasteiger partial charge in [0.25, 0.3) is 0 Å². The van der Waals surface area contributed by atoms with Crippen LogP contribution in [-0.4, -0.2) is 14.9 Å². The Labute approximate surface area is 108 Å². The smallest absolute Gasteiger partial charge is 0.217 e. The summed E-state index contributed by atoms with van der Waals surface area (Å²) in [7, 11) is 0. The van der Waals surface area contributed by atoms with Gasteiger partial charge < -0.3 is 5.11 Å². The van der Waals surface area contributed by atoms with E-state index in [1.807, 2.05) is 38.1 Å². The number of aromatic nitrogens is 2. The van der Waals surface area contributed by atoms with E-state index < -0.39 is 0 Å². The number of aryl methyl sites for hydroxylation is 2. The van der Waals surface area contributed by atoms with Crippen molar-refractivity contribution in [2.45, 2.75) is 40.0 Å². The molecule has 1 aromatic heterocycles. The Bertz CT molecular complexity index is 526. The molecule has 96 valence electrons. The zero-order valence-corrected chi connectivity index (χ0v) is 11.3. The first-order valence-corrected chi connectivity index (χ1v) is 6.48. The molecule has 0 bridgehead atoms. The van der Waals surface area contributed by atoms with Crippen LogP contribution in [0.5, 0.6) is 5.88 Å². The molecule has 0 aliphatic rings. The van der Waals surface area contributed by atoms with Gasteiger partial charge in [0, 0.05) is 5.56 Å². The maximum atomic E-state index is 10.1. The van der Waals surface area contributed by atoms with Crippen LogP contribution < -0.4 is 0 Å². The Kier molecular flexibility index (Phi) is 3.70. The average Bonchev–Trinajstić information content (AvgIpc) is 2.65. The topological polar surface area (TPSA) is 38.0 Å². The van der Waals surface area contributed by atoms with Gasteiger partial charge in [-0.25, -0.2) is 4.68 Å². The minimum Gasteiger partial charge on any atom is -0.493 e. The fourth-order valence-electron chi connectivity index (χ4n) is 1.98. The maximum Gasteiger partial charge on any atom is 0.217 e. The highest BCUT2D eigenvalue weighted by molar-refractivity contribution is 5.41. The number of hydrogen-bond acceptors (Lipinski definition) is 2. The van der Waals surface area contributed by atoms with Crippen LogP contribution in [0, 0.1) is 13.8 Å². The second kappa shape index (κ2) is 5.25. The molecule has 3 heteroatoms. The highest BCUT2D eigenvalue weighted by atomic mass is 16.3. The molecule has 1 aromatic carbocycles. The molecular formula is C15H20N2O. The SMILES string of the molecule is CCCCc1nn(-c2ccc(C)cc2)c(O)c1C. The van der Waals surface area contributed by atoms with Crippen LogP contribution in [0.2, 0.25) is 0 Å². The minimum absolute atomic E-state index is 0.255. The number of unbranched alkanes of at least 4 members (excludes halogenated alkanes) is 1. The normalized spacial score (nSPS) is 10.8. The van der Waals surface area contributed by atoms with Crippen molar-refractivity contribution in [1.29, 1.82) is 0 Å². The summed E-state index contributed by atoms with van der Waals surface area (Å²) in [6.07, 6.45) is 3.16.